The molecule has 2 atom stereocenters. The lowest BCUT2D eigenvalue weighted by Crippen LogP contribution is -2.65. The van der Waals surface area contributed by atoms with E-state index >= 15 is 0 Å². The molecular weight excluding hydrogens is 550 g/mol. The zero-order valence-corrected chi connectivity index (χ0v) is 24.5. The van der Waals surface area contributed by atoms with E-state index in [1.54, 1.807) is 31.2 Å². The number of halogens is 2. The maximum absolute atomic E-state index is 13.9. The number of benzene rings is 1. The van der Waals surface area contributed by atoms with E-state index in [9.17, 15) is 33.4 Å². The number of allylic oxidation sites excluding steroid dienone is 5. The van der Waals surface area contributed by atoms with Crippen LogP contribution in [0.1, 0.15) is 32.8 Å². The van der Waals surface area contributed by atoms with Crippen molar-refractivity contribution < 1.29 is 38.1 Å². The molecule has 1 aromatic rings. The van der Waals surface area contributed by atoms with Gasteiger partial charge in [-0.3, -0.25) is 24.3 Å². The van der Waals surface area contributed by atoms with Crippen LogP contribution in [-0.2, 0) is 25.5 Å². The third-order valence-corrected chi connectivity index (χ3v) is 6.61. The van der Waals surface area contributed by atoms with E-state index in [4.69, 9.17) is 4.74 Å². The molecule has 0 aliphatic carbocycles. The maximum atomic E-state index is 13.9. The molecule has 12 heteroatoms. The van der Waals surface area contributed by atoms with Crippen LogP contribution in [0.4, 0.5) is 8.78 Å². The van der Waals surface area contributed by atoms with Crippen molar-refractivity contribution in [3.8, 4) is 0 Å². The fourth-order valence-corrected chi connectivity index (χ4v) is 4.45. The van der Waals surface area contributed by atoms with E-state index in [1.807, 2.05) is 13.8 Å². The summed E-state index contributed by atoms with van der Waals surface area (Å²) in [6.45, 7) is 9.40. The highest BCUT2D eigenvalue weighted by molar-refractivity contribution is 6.10. The Labute approximate surface area is 245 Å². The second-order valence-electron chi connectivity index (χ2n) is 9.36. The number of nitrogens with zero attached hydrogens (tertiary/aromatic N) is 3. The quantitative estimate of drug-likeness (QED) is 0.156. The van der Waals surface area contributed by atoms with E-state index in [0.29, 0.717) is 25.1 Å². The van der Waals surface area contributed by atoms with Crippen molar-refractivity contribution in [2.45, 2.75) is 39.8 Å². The molecule has 0 saturated carbocycles. The minimum atomic E-state index is -1.42. The van der Waals surface area contributed by atoms with Gasteiger partial charge in [-0.1, -0.05) is 50.8 Å². The molecule has 0 radical (unpaired) electrons. The van der Waals surface area contributed by atoms with Crippen LogP contribution in [0.25, 0.3) is 0 Å². The smallest absolute Gasteiger partial charge is 0.269 e. The van der Waals surface area contributed by atoms with Crippen LogP contribution in [0, 0.1) is 17.6 Å². The fourth-order valence-electron chi connectivity index (χ4n) is 4.45. The number of hydrazine groups is 1. The molecule has 0 aromatic heterocycles. The Morgan fingerprint density at radius 1 is 1.24 bits per heavy atom. The summed E-state index contributed by atoms with van der Waals surface area (Å²) in [7, 11) is 1.53. The Bertz CT molecular complexity index is 1230. The Morgan fingerprint density at radius 3 is 2.60 bits per heavy atom. The minimum absolute atomic E-state index is 0.0392. The van der Waals surface area contributed by atoms with Crippen LogP contribution >= 0.6 is 0 Å². The molecule has 1 saturated heterocycles. The molecular formula is C30H40F2N4O6. The standard InChI is InChI=1S/C28H34F2N4O6.C2H6/c1-4-5-6-8-18(2)27(38)34-17-32(13-7-14-40-3)28(39)23-25(36)24(35)21(16-33(23)34)26(37)31-12-11-19-9-10-20(29)15-22(19)30;1-2/h4-6,8-10,15,21,28,36,39H,1,7,11-14,16-17H2,2-3H3,(H,31,37);1-2H3/b6-5-,18-8+;. The van der Waals surface area contributed by atoms with Crippen LogP contribution in [0.5, 0.6) is 0 Å². The molecule has 3 rings (SSSR count). The Kier molecular flexibility index (Phi) is 13.5. The average molecular weight is 591 g/mol. The lowest BCUT2D eigenvalue weighted by molar-refractivity contribution is -0.180. The predicted molar refractivity (Wildman–Crippen MR) is 153 cm³/mol. The number of ether oxygens (including phenoxy) is 1. The van der Waals surface area contributed by atoms with Gasteiger partial charge in [0.15, 0.2) is 12.0 Å². The van der Waals surface area contributed by atoms with Crippen molar-refractivity contribution in [2.24, 2.45) is 5.92 Å². The summed E-state index contributed by atoms with van der Waals surface area (Å²) >= 11 is 0. The molecule has 230 valence electrons. The van der Waals surface area contributed by atoms with Gasteiger partial charge in [0.1, 0.15) is 23.2 Å². The van der Waals surface area contributed by atoms with Crippen LogP contribution < -0.4 is 5.32 Å². The first kappa shape index (κ1) is 34.3. The first-order chi connectivity index (χ1) is 20.1. The van der Waals surface area contributed by atoms with Crippen molar-refractivity contribution in [3.05, 3.63) is 83.3 Å². The van der Waals surface area contributed by atoms with Crippen molar-refractivity contribution in [2.75, 3.05) is 40.0 Å². The van der Waals surface area contributed by atoms with Gasteiger partial charge in [-0.15, -0.1) is 0 Å². The van der Waals surface area contributed by atoms with E-state index in [1.165, 1.54) is 28.1 Å². The van der Waals surface area contributed by atoms with E-state index in [0.717, 1.165) is 12.1 Å². The van der Waals surface area contributed by atoms with Gasteiger partial charge in [-0.25, -0.2) is 13.8 Å². The second-order valence-corrected chi connectivity index (χ2v) is 9.36. The normalized spacial score (nSPS) is 19.4. The molecule has 3 N–H and O–H groups in total. The second kappa shape index (κ2) is 16.5. The number of amides is 2. The Morgan fingerprint density at radius 2 is 1.95 bits per heavy atom. The van der Waals surface area contributed by atoms with Crippen LogP contribution in [0.2, 0.25) is 0 Å². The van der Waals surface area contributed by atoms with Crippen molar-refractivity contribution in [3.63, 3.8) is 0 Å². The van der Waals surface area contributed by atoms with Gasteiger partial charge in [0.25, 0.3) is 5.91 Å². The lowest BCUT2D eigenvalue weighted by Gasteiger charge is -2.50. The number of carbonyl (C=O) groups excluding carboxylic acids is 3. The van der Waals surface area contributed by atoms with Crippen LogP contribution in [-0.4, -0.2) is 89.0 Å². The highest BCUT2D eigenvalue weighted by Crippen LogP contribution is 2.32. The Hall–Kier alpha value is -3.87. The number of hydrogen-bond acceptors (Lipinski definition) is 8. The molecule has 10 nitrogen and oxygen atoms in total. The highest BCUT2D eigenvalue weighted by Gasteiger charge is 2.48. The zero-order chi connectivity index (χ0) is 31.4. The summed E-state index contributed by atoms with van der Waals surface area (Å²) in [4.78, 5) is 41.0. The lowest BCUT2D eigenvalue weighted by atomic mass is 9.94. The number of hydrogen-bond donors (Lipinski definition) is 3. The summed E-state index contributed by atoms with van der Waals surface area (Å²) in [5, 5.41) is 27.0. The van der Waals surface area contributed by atoms with Gasteiger partial charge in [0.2, 0.25) is 11.7 Å². The number of nitrogens with one attached hydrogen (secondary N) is 1. The summed E-state index contributed by atoms with van der Waals surface area (Å²) in [5.41, 5.74) is 0.303. The predicted octanol–water partition coefficient (Wildman–Crippen LogP) is 2.98. The van der Waals surface area contributed by atoms with Crippen LogP contribution in [0.3, 0.4) is 0 Å². The molecule has 42 heavy (non-hydrogen) atoms. The number of rotatable bonds is 11. The van der Waals surface area contributed by atoms with Crippen molar-refractivity contribution >= 4 is 17.6 Å². The summed E-state index contributed by atoms with van der Waals surface area (Å²) in [6.07, 6.45) is 5.52. The minimum Gasteiger partial charge on any atom is -0.503 e. The molecule has 0 spiro atoms. The molecule has 2 aliphatic heterocycles. The molecule has 2 aliphatic rings. The first-order valence-electron chi connectivity index (χ1n) is 13.8. The number of ketones is 1. The molecule has 2 heterocycles. The van der Waals surface area contributed by atoms with Gasteiger partial charge >= 0.3 is 0 Å². The van der Waals surface area contributed by atoms with Gasteiger partial charge in [-0.2, -0.15) is 0 Å². The largest absolute Gasteiger partial charge is 0.503 e. The van der Waals surface area contributed by atoms with E-state index in [2.05, 4.69) is 11.9 Å². The third kappa shape index (κ3) is 8.34. The van der Waals surface area contributed by atoms with E-state index < -0.39 is 47.1 Å². The molecule has 0 bridgehead atoms. The van der Waals surface area contributed by atoms with Crippen molar-refractivity contribution in [1.29, 1.82) is 0 Å². The van der Waals surface area contributed by atoms with Gasteiger partial charge in [0.05, 0.1) is 13.2 Å². The first-order valence-corrected chi connectivity index (χ1v) is 13.8. The summed E-state index contributed by atoms with van der Waals surface area (Å²) < 4.78 is 32.2. The maximum Gasteiger partial charge on any atom is 0.269 e. The Balaban J connectivity index is 0.00000301. The van der Waals surface area contributed by atoms with Gasteiger partial charge < -0.3 is 20.3 Å². The number of methoxy groups -OCH3 is 1. The summed E-state index contributed by atoms with van der Waals surface area (Å²) in [6, 6.07) is 3.10. The summed E-state index contributed by atoms with van der Waals surface area (Å²) in [5.74, 6) is -5.85. The van der Waals surface area contributed by atoms with Gasteiger partial charge in [-0.05, 0) is 31.4 Å². The molecule has 2 unspecified atom stereocenters. The topological polar surface area (TPSA) is 123 Å². The number of fused-ring (bicyclic) bond motifs is 1. The third-order valence-electron chi connectivity index (χ3n) is 6.61. The monoisotopic (exact) mass is 590 g/mol. The number of aliphatic hydroxyl groups is 2. The molecule has 1 aromatic carbocycles. The number of Topliss-reactive ketones (excluding diaryl/α,β-unsaturated/α-hetero) is 1. The number of aliphatic hydroxyl groups excluding tert-OH is 2. The SMILES string of the molecule is C=C/C=C\C=C(/C)C(=O)N1CN(CCCOC)C(O)C2=C(O)C(=O)C(C(=O)NCCc3ccc(F)cc3F)CN21.CC. The van der Waals surface area contributed by atoms with Gasteiger partial charge in [0, 0.05) is 38.4 Å². The fraction of sp³-hybridized carbons (Fsp3) is 0.433. The highest BCUT2D eigenvalue weighted by atomic mass is 19.1. The van der Waals surface area contributed by atoms with Crippen molar-refractivity contribution in [1.82, 2.24) is 20.2 Å². The van der Waals surface area contributed by atoms with Crippen LogP contribution in [0.15, 0.2) is 66.1 Å². The zero-order valence-electron chi connectivity index (χ0n) is 24.5. The number of carbonyl (C=O) groups is 3. The average Bonchev–Trinajstić information content (AvgIpc) is 2.97. The molecule has 1 fully saturated rings. The van der Waals surface area contributed by atoms with E-state index in [-0.39, 0.29) is 37.4 Å². The molecule has 2 amide bonds.